The van der Waals surface area contributed by atoms with Gasteiger partial charge in [0.25, 0.3) is 0 Å². The van der Waals surface area contributed by atoms with Gasteiger partial charge in [-0.25, -0.2) is 8.42 Å². The fraction of sp³-hybridized carbons (Fsp3) is 0.545. The van der Waals surface area contributed by atoms with Gasteiger partial charge in [0.05, 0.1) is 0 Å². The van der Waals surface area contributed by atoms with Gasteiger partial charge in [0.2, 0.25) is 21.6 Å². The molecule has 7 heteroatoms. The van der Waals surface area contributed by atoms with E-state index >= 15 is 0 Å². The van der Waals surface area contributed by atoms with Crippen LogP contribution in [0.4, 0.5) is 0 Å². The zero-order valence-corrected chi connectivity index (χ0v) is 17.9. The molecule has 2 heterocycles. The van der Waals surface area contributed by atoms with E-state index in [0.29, 0.717) is 31.7 Å². The average molecular weight is 417 g/mol. The molecule has 1 aliphatic carbocycles. The molecule has 1 aromatic rings. The van der Waals surface area contributed by atoms with Gasteiger partial charge in [-0.05, 0) is 37.5 Å². The molecule has 3 aliphatic rings. The summed E-state index contributed by atoms with van der Waals surface area (Å²) >= 11 is 0. The van der Waals surface area contributed by atoms with E-state index in [1.807, 2.05) is 18.7 Å². The van der Waals surface area contributed by atoms with Crippen molar-refractivity contribution in [3.05, 3.63) is 46.0 Å². The molecule has 29 heavy (non-hydrogen) atoms. The number of nitrogens with zero attached hydrogens (tertiary/aromatic N) is 2. The quantitative estimate of drug-likeness (QED) is 0.757. The van der Waals surface area contributed by atoms with Gasteiger partial charge < -0.3 is 4.90 Å². The lowest BCUT2D eigenvalue weighted by atomic mass is 9.91. The Morgan fingerprint density at radius 1 is 0.862 bits per heavy atom. The third kappa shape index (κ3) is 3.55. The van der Waals surface area contributed by atoms with Crippen molar-refractivity contribution in [2.45, 2.75) is 39.5 Å². The summed E-state index contributed by atoms with van der Waals surface area (Å²) in [5, 5.41) is 0. The maximum atomic E-state index is 13.7. The Morgan fingerprint density at radius 2 is 1.41 bits per heavy atom. The summed E-state index contributed by atoms with van der Waals surface area (Å²) in [4.78, 5) is 28.3. The second-order valence-electron chi connectivity index (χ2n) is 8.70. The summed E-state index contributed by atoms with van der Waals surface area (Å²) in [6.07, 6.45) is 3.78. The zero-order chi connectivity index (χ0) is 20.8. The molecule has 6 nitrogen and oxygen atoms in total. The molecule has 4 rings (SSSR count). The molecule has 0 amide bonds. The Balaban J connectivity index is 1.87. The molecule has 0 spiro atoms. The van der Waals surface area contributed by atoms with Crippen LogP contribution in [0.25, 0.3) is 0 Å². The van der Waals surface area contributed by atoms with E-state index in [1.165, 1.54) is 4.31 Å². The van der Waals surface area contributed by atoms with Crippen LogP contribution in [0.15, 0.2) is 34.9 Å². The second kappa shape index (κ2) is 7.69. The van der Waals surface area contributed by atoms with Crippen molar-refractivity contribution < 1.29 is 18.0 Å². The topological polar surface area (TPSA) is 74.8 Å². The number of sulfonamides is 1. The summed E-state index contributed by atoms with van der Waals surface area (Å²) < 4.78 is 28.9. The first kappa shape index (κ1) is 20.3. The lowest BCUT2D eigenvalue weighted by Gasteiger charge is -2.37. The number of rotatable bonds is 3. The predicted molar refractivity (Wildman–Crippen MR) is 111 cm³/mol. The van der Waals surface area contributed by atoms with Gasteiger partial charge in [-0.3, -0.25) is 9.59 Å². The maximum Gasteiger partial charge on any atom is 0.249 e. The van der Waals surface area contributed by atoms with Crippen molar-refractivity contribution in [3.8, 4) is 0 Å². The minimum atomic E-state index is -4.07. The summed E-state index contributed by atoms with van der Waals surface area (Å²) in [5.41, 5.74) is 0.576. The molecule has 0 bridgehead atoms. The molecular formula is C22H28N2O4S. The van der Waals surface area contributed by atoms with Gasteiger partial charge in [-0.1, -0.05) is 38.1 Å². The van der Waals surface area contributed by atoms with Gasteiger partial charge in [0.15, 0.2) is 4.91 Å². The lowest BCUT2D eigenvalue weighted by molar-refractivity contribution is 0.0938. The van der Waals surface area contributed by atoms with Gasteiger partial charge in [0.1, 0.15) is 5.70 Å². The van der Waals surface area contributed by atoms with Crippen LogP contribution in [0.1, 0.15) is 60.2 Å². The predicted octanol–water partition coefficient (Wildman–Crippen LogP) is 3.07. The maximum absolute atomic E-state index is 13.7. The van der Waals surface area contributed by atoms with E-state index in [0.717, 1.165) is 25.7 Å². The molecule has 0 aromatic heterocycles. The van der Waals surface area contributed by atoms with E-state index in [-0.39, 0.29) is 33.8 Å². The largest absolute Gasteiger partial charge is 0.367 e. The van der Waals surface area contributed by atoms with Crippen molar-refractivity contribution in [2.75, 3.05) is 26.2 Å². The Bertz CT molecular complexity index is 966. The van der Waals surface area contributed by atoms with Gasteiger partial charge >= 0.3 is 0 Å². The van der Waals surface area contributed by atoms with Crippen LogP contribution >= 0.6 is 0 Å². The summed E-state index contributed by atoms with van der Waals surface area (Å²) in [7, 11) is -4.07. The number of piperidine rings is 2. The summed E-state index contributed by atoms with van der Waals surface area (Å²) in [6.45, 7) is 6.02. The highest BCUT2D eigenvalue weighted by molar-refractivity contribution is 7.94. The Hall–Kier alpha value is -1.99. The van der Waals surface area contributed by atoms with Crippen LogP contribution in [0, 0.1) is 11.8 Å². The number of hydrogen-bond donors (Lipinski definition) is 0. The molecule has 2 fully saturated rings. The third-order valence-corrected chi connectivity index (χ3v) is 8.03. The van der Waals surface area contributed by atoms with Crippen LogP contribution in [-0.4, -0.2) is 55.4 Å². The smallest absolute Gasteiger partial charge is 0.249 e. The normalized spacial score (nSPS) is 26.6. The Morgan fingerprint density at radius 3 is 2.00 bits per heavy atom. The lowest BCUT2D eigenvalue weighted by Crippen LogP contribution is -2.47. The zero-order valence-electron chi connectivity index (χ0n) is 17.1. The highest BCUT2D eigenvalue weighted by atomic mass is 32.2. The molecule has 0 radical (unpaired) electrons. The highest BCUT2D eigenvalue weighted by Crippen LogP contribution is 2.35. The number of fused-ring (bicyclic) bond motifs is 1. The molecule has 0 N–H and O–H groups in total. The molecule has 2 unspecified atom stereocenters. The van der Waals surface area contributed by atoms with Gasteiger partial charge in [-0.2, -0.15) is 4.31 Å². The van der Waals surface area contributed by atoms with Gasteiger partial charge in [-0.15, -0.1) is 0 Å². The number of carbonyl (C=O) groups is 2. The van der Waals surface area contributed by atoms with E-state index in [1.54, 1.807) is 24.3 Å². The number of Topliss-reactive ketones (excluding diaryl/α,β-unsaturated/α-hetero) is 2. The number of hydrogen-bond acceptors (Lipinski definition) is 5. The van der Waals surface area contributed by atoms with Crippen LogP contribution in [0.2, 0.25) is 0 Å². The number of allylic oxidation sites excluding steroid dienone is 2. The van der Waals surface area contributed by atoms with E-state index < -0.39 is 15.8 Å². The van der Waals surface area contributed by atoms with Crippen molar-refractivity contribution in [2.24, 2.45) is 11.8 Å². The van der Waals surface area contributed by atoms with Crippen molar-refractivity contribution in [3.63, 3.8) is 0 Å². The summed E-state index contributed by atoms with van der Waals surface area (Å²) in [6, 6.07) is 6.56. The average Bonchev–Trinajstić information content (AvgIpc) is 2.70. The van der Waals surface area contributed by atoms with E-state index in [9.17, 15) is 18.0 Å². The summed E-state index contributed by atoms with van der Waals surface area (Å²) in [5.74, 6) is -0.464. The standard InChI is InChI=1S/C22H28N2O4S/c1-15-12-16(2)14-24(13-15)29(27,28)22-19(23-10-6-3-7-11-23)20(25)17-8-4-5-9-18(17)21(22)26/h4-5,8-9,15-16H,3,6-7,10-14H2,1-2H3. The SMILES string of the molecule is CC1CC(C)CN(S(=O)(=O)C2=C(N3CCCCC3)C(=O)c3ccccc3C2=O)C1. The van der Waals surface area contributed by atoms with Crippen LogP contribution in [0.3, 0.4) is 0 Å². The van der Waals surface area contributed by atoms with Crippen LogP contribution in [0.5, 0.6) is 0 Å². The number of ketones is 2. The molecule has 2 atom stereocenters. The fourth-order valence-corrected chi connectivity index (χ4v) is 6.88. The fourth-order valence-electron chi connectivity index (χ4n) is 4.91. The number of likely N-dealkylation sites (tertiary alicyclic amines) is 1. The molecule has 2 saturated heterocycles. The van der Waals surface area contributed by atoms with Crippen molar-refractivity contribution in [1.82, 2.24) is 9.21 Å². The van der Waals surface area contributed by atoms with Gasteiger partial charge in [0, 0.05) is 37.3 Å². The molecular weight excluding hydrogens is 388 g/mol. The number of benzene rings is 1. The van der Waals surface area contributed by atoms with Crippen molar-refractivity contribution >= 4 is 21.6 Å². The molecule has 2 aliphatic heterocycles. The van der Waals surface area contributed by atoms with E-state index in [4.69, 9.17) is 0 Å². The first-order valence-corrected chi connectivity index (χ1v) is 11.9. The minimum Gasteiger partial charge on any atom is -0.367 e. The van der Waals surface area contributed by atoms with Crippen molar-refractivity contribution in [1.29, 1.82) is 0 Å². The first-order chi connectivity index (χ1) is 13.8. The molecule has 1 aromatic carbocycles. The number of carbonyl (C=O) groups excluding carboxylic acids is 2. The highest BCUT2D eigenvalue weighted by Gasteiger charge is 2.45. The monoisotopic (exact) mass is 416 g/mol. The first-order valence-electron chi connectivity index (χ1n) is 10.5. The Kier molecular flexibility index (Phi) is 5.38. The molecule has 156 valence electrons. The molecule has 0 saturated carbocycles. The van der Waals surface area contributed by atoms with E-state index in [2.05, 4.69) is 0 Å². The van der Waals surface area contributed by atoms with Crippen LogP contribution in [-0.2, 0) is 10.0 Å². The van der Waals surface area contributed by atoms with Crippen LogP contribution < -0.4 is 0 Å². The third-order valence-electron chi connectivity index (χ3n) is 6.16. The Labute approximate surface area is 172 Å². The minimum absolute atomic E-state index is 0.0827. The second-order valence-corrected chi connectivity index (χ2v) is 10.6.